The van der Waals surface area contributed by atoms with E-state index < -0.39 is 12.0 Å². The van der Waals surface area contributed by atoms with Gasteiger partial charge in [-0.25, -0.2) is 0 Å². The summed E-state index contributed by atoms with van der Waals surface area (Å²) in [7, 11) is 0. The Kier molecular flexibility index (Phi) is 5.98. The van der Waals surface area contributed by atoms with E-state index in [0.717, 1.165) is 46.1 Å². The summed E-state index contributed by atoms with van der Waals surface area (Å²) in [6.07, 6.45) is -2.76. The van der Waals surface area contributed by atoms with Crippen molar-refractivity contribution in [3.63, 3.8) is 0 Å². The summed E-state index contributed by atoms with van der Waals surface area (Å²) < 4.78 is 48.4. The number of aliphatic hydroxyl groups excluding tert-OH is 1. The first-order valence-corrected chi connectivity index (χ1v) is 11.0. The molecule has 3 aromatic rings. The van der Waals surface area contributed by atoms with Gasteiger partial charge in [0.2, 0.25) is 0 Å². The molecular formula is C25H28F3NO3. The number of alkyl halides is 3. The Labute approximate surface area is 185 Å². The number of benzene rings is 2. The topological polar surface area (TPSA) is 54.5 Å². The third-order valence-corrected chi connectivity index (χ3v) is 6.34. The highest BCUT2D eigenvalue weighted by molar-refractivity contribution is 5.92. The molecule has 172 valence electrons. The van der Waals surface area contributed by atoms with Gasteiger partial charge in [0.25, 0.3) is 0 Å². The number of aliphatic hydroxyl groups is 1. The van der Waals surface area contributed by atoms with Crippen LogP contribution in [-0.2, 0) is 16.8 Å². The van der Waals surface area contributed by atoms with E-state index in [9.17, 15) is 18.3 Å². The summed E-state index contributed by atoms with van der Waals surface area (Å²) in [6, 6.07) is 10.1. The average molecular weight is 447 g/mol. The normalized spacial score (nSPS) is 18.9. The molecule has 32 heavy (non-hydrogen) atoms. The van der Waals surface area contributed by atoms with Crippen LogP contribution in [-0.4, -0.2) is 29.7 Å². The van der Waals surface area contributed by atoms with Crippen LogP contribution in [0.25, 0.3) is 22.0 Å². The van der Waals surface area contributed by atoms with Gasteiger partial charge in [0, 0.05) is 23.9 Å². The van der Waals surface area contributed by atoms with E-state index in [1.807, 2.05) is 12.1 Å². The first-order chi connectivity index (χ1) is 15.2. The number of fused-ring (bicyclic) bond motifs is 3. The first-order valence-electron chi connectivity index (χ1n) is 11.0. The van der Waals surface area contributed by atoms with Crippen molar-refractivity contribution in [1.29, 1.82) is 0 Å². The minimum absolute atomic E-state index is 0.0247. The van der Waals surface area contributed by atoms with Crippen molar-refractivity contribution in [2.45, 2.75) is 57.9 Å². The maximum absolute atomic E-state index is 12.7. The quantitative estimate of drug-likeness (QED) is 0.459. The van der Waals surface area contributed by atoms with E-state index in [1.54, 1.807) is 12.1 Å². The lowest BCUT2D eigenvalue weighted by molar-refractivity contribution is -0.274. The fraction of sp³-hybridized carbons (Fsp3) is 0.440. The maximum atomic E-state index is 12.7. The van der Waals surface area contributed by atoms with Crippen molar-refractivity contribution < 1.29 is 27.8 Å². The summed E-state index contributed by atoms with van der Waals surface area (Å²) in [5.41, 5.74) is 5.22. The van der Waals surface area contributed by atoms with Crippen LogP contribution in [0.15, 0.2) is 36.4 Å². The van der Waals surface area contributed by atoms with E-state index in [0.29, 0.717) is 18.6 Å². The Balaban J connectivity index is 1.90. The Hall–Kier alpha value is -2.51. The maximum Gasteiger partial charge on any atom is 0.573 e. The molecule has 1 atom stereocenters. The summed E-state index contributed by atoms with van der Waals surface area (Å²) >= 11 is 0. The molecule has 1 aromatic heterocycles. The van der Waals surface area contributed by atoms with Gasteiger partial charge in [-0.15, -0.1) is 13.2 Å². The van der Waals surface area contributed by atoms with Gasteiger partial charge in [0.05, 0.1) is 12.3 Å². The van der Waals surface area contributed by atoms with E-state index in [1.165, 1.54) is 12.1 Å². The summed E-state index contributed by atoms with van der Waals surface area (Å²) in [4.78, 5) is 3.60. The average Bonchev–Trinajstić information content (AvgIpc) is 3.12. The zero-order chi connectivity index (χ0) is 23.1. The van der Waals surface area contributed by atoms with Crippen LogP contribution >= 0.6 is 0 Å². The SMILES string of the molecule is CCC1(CCO)OCCc2c1[nH]c1c(C(C)C)cc(-c3cccc(OC(F)(F)F)c3)cc21. The number of aromatic nitrogens is 1. The molecule has 0 spiro atoms. The number of aromatic amines is 1. The second kappa shape index (κ2) is 8.45. The predicted octanol–water partition coefficient (Wildman–Crippen LogP) is 6.42. The van der Waals surface area contributed by atoms with Gasteiger partial charge >= 0.3 is 6.36 Å². The lowest BCUT2D eigenvalue weighted by Crippen LogP contribution is -2.36. The molecule has 2 aromatic carbocycles. The van der Waals surface area contributed by atoms with Crippen LogP contribution in [0, 0.1) is 0 Å². The molecule has 0 saturated heterocycles. The summed E-state index contributed by atoms with van der Waals surface area (Å²) in [5, 5.41) is 10.7. The second-order valence-electron chi connectivity index (χ2n) is 8.62. The van der Waals surface area contributed by atoms with Crippen molar-refractivity contribution >= 4 is 10.9 Å². The molecule has 2 heterocycles. The molecule has 0 aliphatic carbocycles. The molecule has 2 N–H and O–H groups in total. The standard InChI is InChI=1S/C25H28F3NO3/c1-4-24(9-10-30)23-19(8-11-31-24)21-14-17(13-20(15(2)3)22(21)29-23)16-6-5-7-18(12-16)32-25(26,27)28/h5-7,12-15,29-30H,4,8-11H2,1-3H3. The van der Waals surface area contributed by atoms with Crippen molar-refractivity contribution in [3.8, 4) is 16.9 Å². The molecule has 0 amide bonds. The smallest absolute Gasteiger partial charge is 0.406 e. The fourth-order valence-corrected chi connectivity index (χ4v) is 4.77. The third-order valence-electron chi connectivity index (χ3n) is 6.34. The highest BCUT2D eigenvalue weighted by Gasteiger charge is 2.39. The molecule has 1 aliphatic heterocycles. The Morgan fingerprint density at radius 3 is 2.62 bits per heavy atom. The van der Waals surface area contributed by atoms with E-state index in [-0.39, 0.29) is 18.3 Å². The molecule has 1 unspecified atom stereocenters. The minimum atomic E-state index is -4.73. The number of halogens is 3. The van der Waals surface area contributed by atoms with E-state index in [2.05, 4.69) is 30.5 Å². The fourth-order valence-electron chi connectivity index (χ4n) is 4.77. The van der Waals surface area contributed by atoms with Gasteiger partial charge < -0.3 is 19.6 Å². The molecular weight excluding hydrogens is 419 g/mol. The zero-order valence-corrected chi connectivity index (χ0v) is 18.5. The zero-order valence-electron chi connectivity index (χ0n) is 18.5. The third kappa shape index (κ3) is 4.11. The van der Waals surface area contributed by atoms with Gasteiger partial charge in [-0.1, -0.05) is 32.9 Å². The lowest BCUT2D eigenvalue weighted by atomic mass is 9.86. The molecule has 4 rings (SSSR count). The van der Waals surface area contributed by atoms with Crippen LogP contribution in [0.4, 0.5) is 13.2 Å². The van der Waals surface area contributed by atoms with Gasteiger partial charge in [-0.05, 0) is 65.3 Å². The molecule has 0 radical (unpaired) electrons. The Morgan fingerprint density at radius 1 is 1.19 bits per heavy atom. The molecule has 4 nitrogen and oxygen atoms in total. The van der Waals surface area contributed by atoms with Crippen molar-refractivity contribution in [2.24, 2.45) is 0 Å². The van der Waals surface area contributed by atoms with Crippen molar-refractivity contribution in [3.05, 3.63) is 53.2 Å². The van der Waals surface area contributed by atoms with Gasteiger partial charge in [-0.3, -0.25) is 0 Å². The molecule has 0 saturated carbocycles. The largest absolute Gasteiger partial charge is 0.573 e. The second-order valence-corrected chi connectivity index (χ2v) is 8.62. The number of rotatable bonds is 6. The molecule has 1 aliphatic rings. The Bertz CT molecular complexity index is 1120. The van der Waals surface area contributed by atoms with Gasteiger partial charge in [0.1, 0.15) is 11.4 Å². The van der Waals surface area contributed by atoms with Crippen LogP contribution in [0.2, 0.25) is 0 Å². The first kappa shape index (κ1) is 22.7. The number of nitrogens with one attached hydrogen (secondary N) is 1. The number of hydrogen-bond donors (Lipinski definition) is 2. The number of H-pyrrole nitrogens is 1. The van der Waals surface area contributed by atoms with Crippen LogP contribution in [0.3, 0.4) is 0 Å². The summed E-state index contributed by atoms with van der Waals surface area (Å²) in [6.45, 7) is 6.83. The summed E-state index contributed by atoms with van der Waals surface area (Å²) in [5.74, 6) is -0.0411. The lowest BCUT2D eigenvalue weighted by Gasteiger charge is -2.36. The molecule has 0 bridgehead atoms. The minimum Gasteiger partial charge on any atom is -0.406 e. The number of hydrogen-bond acceptors (Lipinski definition) is 3. The predicted molar refractivity (Wildman–Crippen MR) is 118 cm³/mol. The van der Waals surface area contributed by atoms with Gasteiger partial charge in [0.15, 0.2) is 0 Å². The van der Waals surface area contributed by atoms with E-state index in [4.69, 9.17) is 4.74 Å². The highest BCUT2D eigenvalue weighted by Crippen LogP contribution is 2.44. The van der Waals surface area contributed by atoms with Crippen molar-refractivity contribution in [2.75, 3.05) is 13.2 Å². The van der Waals surface area contributed by atoms with Crippen LogP contribution < -0.4 is 4.74 Å². The monoisotopic (exact) mass is 447 g/mol. The van der Waals surface area contributed by atoms with Crippen LogP contribution in [0.5, 0.6) is 5.75 Å². The highest BCUT2D eigenvalue weighted by atomic mass is 19.4. The molecule has 0 fully saturated rings. The van der Waals surface area contributed by atoms with Crippen molar-refractivity contribution in [1.82, 2.24) is 4.98 Å². The van der Waals surface area contributed by atoms with Crippen LogP contribution in [0.1, 0.15) is 56.4 Å². The van der Waals surface area contributed by atoms with Gasteiger partial charge in [-0.2, -0.15) is 0 Å². The molecule has 7 heteroatoms. The Morgan fingerprint density at radius 2 is 1.97 bits per heavy atom. The number of ether oxygens (including phenoxy) is 2. The van der Waals surface area contributed by atoms with E-state index >= 15 is 0 Å².